The lowest BCUT2D eigenvalue weighted by Crippen LogP contribution is -2.00. The molecule has 2 heterocycles. The number of nitrogens with zero attached hydrogens (tertiary/aromatic N) is 3. The van der Waals surface area contributed by atoms with Gasteiger partial charge >= 0.3 is 0 Å². The fraction of sp³-hybridized carbons (Fsp3) is 0. The van der Waals surface area contributed by atoms with Gasteiger partial charge in [-0.05, 0) is 84.9 Å². The van der Waals surface area contributed by atoms with E-state index in [4.69, 9.17) is 15.0 Å². The van der Waals surface area contributed by atoms with Crippen molar-refractivity contribution < 1.29 is 0 Å². The van der Waals surface area contributed by atoms with E-state index in [2.05, 4.69) is 182 Å². The van der Waals surface area contributed by atoms with Crippen LogP contribution in [0.15, 0.2) is 188 Å². The zero-order valence-electron chi connectivity index (χ0n) is 29.6. The minimum Gasteiger partial charge on any atom is -0.208 e. The summed E-state index contributed by atoms with van der Waals surface area (Å²) in [7, 11) is 0. The van der Waals surface area contributed by atoms with Gasteiger partial charge in [0.25, 0.3) is 0 Å². The second-order valence-corrected chi connectivity index (χ2v) is 15.1. The summed E-state index contributed by atoms with van der Waals surface area (Å²) < 4.78 is 2.47. The molecule has 55 heavy (non-hydrogen) atoms. The highest BCUT2D eigenvalue weighted by atomic mass is 32.1. The van der Waals surface area contributed by atoms with Crippen LogP contribution in [0.4, 0.5) is 0 Å². The quantitative estimate of drug-likeness (QED) is 0.166. The Morgan fingerprint density at radius 1 is 0.291 bits per heavy atom. The lowest BCUT2D eigenvalue weighted by Gasteiger charge is -2.13. The van der Waals surface area contributed by atoms with Crippen molar-refractivity contribution in [1.29, 1.82) is 0 Å². The molecule has 9 aromatic carbocycles. The van der Waals surface area contributed by atoms with E-state index < -0.39 is 0 Å². The molecule has 4 heteroatoms. The number of rotatable bonds is 5. The van der Waals surface area contributed by atoms with E-state index in [1.807, 2.05) is 17.4 Å². The van der Waals surface area contributed by atoms with Crippen LogP contribution in [0.3, 0.4) is 0 Å². The Morgan fingerprint density at radius 3 is 1.64 bits per heavy atom. The Hall–Kier alpha value is -7.01. The molecule has 2 aromatic heterocycles. The van der Waals surface area contributed by atoms with Crippen molar-refractivity contribution in [2.24, 2.45) is 0 Å². The van der Waals surface area contributed by atoms with Gasteiger partial charge in [-0.15, -0.1) is 11.3 Å². The van der Waals surface area contributed by atoms with E-state index in [1.54, 1.807) is 0 Å². The van der Waals surface area contributed by atoms with Crippen LogP contribution in [0.1, 0.15) is 0 Å². The third-order valence-corrected chi connectivity index (χ3v) is 11.8. The molecule has 0 aliphatic heterocycles. The minimum atomic E-state index is 0.639. The molecule has 0 saturated heterocycles. The molecule has 0 fully saturated rings. The molecule has 3 nitrogen and oxygen atoms in total. The smallest absolute Gasteiger partial charge is 0.164 e. The summed E-state index contributed by atoms with van der Waals surface area (Å²) in [6, 6.07) is 66.9. The van der Waals surface area contributed by atoms with Gasteiger partial charge < -0.3 is 0 Å². The zero-order chi connectivity index (χ0) is 36.3. The normalized spacial score (nSPS) is 11.6. The number of aromatic nitrogens is 3. The Morgan fingerprint density at radius 2 is 0.855 bits per heavy atom. The second-order valence-electron chi connectivity index (χ2n) is 14.0. The molecule has 256 valence electrons. The maximum Gasteiger partial charge on any atom is 0.164 e. The Bertz CT molecular complexity index is 3260. The lowest BCUT2D eigenvalue weighted by molar-refractivity contribution is 1.08. The van der Waals surface area contributed by atoms with E-state index in [0.29, 0.717) is 17.5 Å². The van der Waals surface area contributed by atoms with Gasteiger partial charge in [-0.2, -0.15) is 0 Å². The van der Waals surface area contributed by atoms with E-state index in [1.165, 1.54) is 52.7 Å². The Labute approximate surface area is 321 Å². The molecule has 0 aliphatic carbocycles. The standard InChI is InChI=1S/C51H31N3S/c1-3-12-32(13-4-1)35-17-11-18-37(28-35)49-52-50(38-24-25-41-36(29-38)23-27-42-40-19-8-7-16-34(40)22-26-43(41)42)54-51(53-49)39-30-45(33-14-5-2-6-15-33)48-44-20-9-10-21-46(44)55-47(48)31-39/h1-31H. The predicted molar refractivity (Wildman–Crippen MR) is 232 cm³/mol. The lowest BCUT2D eigenvalue weighted by atomic mass is 9.96. The molecule has 0 bridgehead atoms. The maximum atomic E-state index is 5.27. The fourth-order valence-electron chi connectivity index (χ4n) is 8.03. The van der Waals surface area contributed by atoms with Crippen molar-refractivity contribution in [3.05, 3.63) is 188 Å². The first-order valence-corrected chi connectivity index (χ1v) is 19.3. The van der Waals surface area contributed by atoms with Crippen LogP contribution in [-0.4, -0.2) is 15.0 Å². The van der Waals surface area contributed by atoms with Crippen molar-refractivity contribution in [3.63, 3.8) is 0 Å². The summed E-state index contributed by atoms with van der Waals surface area (Å²) in [6.07, 6.45) is 0. The summed E-state index contributed by atoms with van der Waals surface area (Å²) in [4.78, 5) is 15.7. The highest BCUT2D eigenvalue weighted by Crippen LogP contribution is 2.43. The first-order chi connectivity index (χ1) is 27.2. The summed E-state index contributed by atoms with van der Waals surface area (Å²) in [5.74, 6) is 1.93. The van der Waals surface area contributed by atoms with Gasteiger partial charge in [-0.25, -0.2) is 15.0 Å². The molecule has 0 amide bonds. The molecule has 0 unspecified atom stereocenters. The van der Waals surface area contributed by atoms with Crippen molar-refractivity contribution >= 4 is 63.8 Å². The highest BCUT2D eigenvalue weighted by Gasteiger charge is 2.18. The summed E-state index contributed by atoms with van der Waals surface area (Å²) in [5, 5.41) is 9.88. The van der Waals surface area contributed by atoms with Gasteiger partial charge in [0.05, 0.1) is 0 Å². The van der Waals surface area contributed by atoms with Gasteiger partial charge in [0, 0.05) is 36.9 Å². The van der Waals surface area contributed by atoms with E-state index in [9.17, 15) is 0 Å². The molecule has 0 aliphatic rings. The van der Waals surface area contributed by atoms with Crippen LogP contribution >= 0.6 is 11.3 Å². The monoisotopic (exact) mass is 717 g/mol. The summed E-state index contributed by atoms with van der Waals surface area (Å²) >= 11 is 1.81. The largest absolute Gasteiger partial charge is 0.208 e. The molecule has 0 spiro atoms. The first kappa shape index (κ1) is 31.5. The predicted octanol–water partition coefficient (Wildman–Crippen LogP) is 14.0. The van der Waals surface area contributed by atoms with Crippen molar-refractivity contribution in [3.8, 4) is 56.4 Å². The van der Waals surface area contributed by atoms with Crippen molar-refractivity contribution in [2.45, 2.75) is 0 Å². The van der Waals surface area contributed by atoms with Gasteiger partial charge in [-0.1, -0.05) is 158 Å². The SMILES string of the molecule is c1ccc(-c2cccc(-c3nc(-c4ccc5c(ccc6c7ccccc7ccc56)c4)nc(-c4cc(-c5ccccc5)c5c(c4)sc4ccccc45)n3)c2)cc1. The molecular weight excluding hydrogens is 687 g/mol. The second kappa shape index (κ2) is 12.8. The highest BCUT2D eigenvalue weighted by molar-refractivity contribution is 7.26. The van der Waals surface area contributed by atoms with Crippen molar-refractivity contribution in [1.82, 2.24) is 15.0 Å². The average molecular weight is 718 g/mol. The summed E-state index contributed by atoms with van der Waals surface area (Å²) in [5.41, 5.74) is 7.45. The molecule has 11 rings (SSSR count). The number of benzene rings is 9. The third-order valence-electron chi connectivity index (χ3n) is 10.7. The van der Waals surface area contributed by atoms with Gasteiger partial charge in [0.1, 0.15) is 0 Å². The van der Waals surface area contributed by atoms with Crippen LogP contribution in [0.5, 0.6) is 0 Å². The van der Waals surface area contributed by atoms with E-state index >= 15 is 0 Å². The van der Waals surface area contributed by atoms with E-state index in [-0.39, 0.29) is 0 Å². The van der Waals surface area contributed by atoms with Gasteiger partial charge in [-0.3, -0.25) is 0 Å². The average Bonchev–Trinajstić information content (AvgIpc) is 3.65. The Balaban J connectivity index is 1.13. The van der Waals surface area contributed by atoms with Gasteiger partial charge in [0.2, 0.25) is 0 Å². The number of hydrogen-bond donors (Lipinski definition) is 0. The number of thiophene rings is 1. The molecule has 0 N–H and O–H groups in total. The number of fused-ring (bicyclic) bond motifs is 8. The zero-order valence-corrected chi connectivity index (χ0v) is 30.5. The fourth-order valence-corrected chi connectivity index (χ4v) is 9.20. The molecular formula is C51H31N3S. The van der Waals surface area contributed by atoms with Crippen molar-refractivity contribution in [2.75, 3.05) is 0 Å². The summed E-state index contributed by atoms with van der Waals surface area (Å²) in [6.45, 7) is 0. The van der Waals surface area contributed by atoms with Crippen LogP contribution in [0.2, 0.25) is 0 Å². The first-order valence-electron chi connectivity index (χ1n) is 18.5. The molecule has 11 aromatic rings. The maximum absolute atomic E-state index is 5.27. The Kier molecular flexibility index (Phi) is 7.35. The van der Waals surface area contributed by atoms with Crippen LogP contribution in [-0.2, 0) is 0 Å². The molecule has 0 atom stereocenters. The van der Waals surface area contributed by atoms with Crippen LogP contribution in [0, 0.1) is 0 Å². The van der Waals surface area contributed by atoms with Crippen LogP contribution < -0.4 is 0 Å². The topological polar surface area (TPSA) is 38.7 Å². The third kappa shape index (κ3) is 5.46. The van der Waals surface area contributed by atoms with Gasteiger partial charge in [0.15, 0.2) is 17.5 Å². The molecule has 0 saturated carbocycles. The van der Waals surface area contributed by atoms with Crippen LogP contribution in [0.25, 0.3) is 109 Å². The number of hydrogen-bond acceptors (Lipinski definition) is 4. The van der Waals surface area contributed by atoms with E-state index in [0.717, 1.165) is 38.8 Å². The molecule has 0 radical (unpaired) electrons. The minimum absolute atomic E-state index is 0.639.